The van der Waals surface area contributed by atoms with Crippen molar-refractivity contribution in [2.75, 3.05) is 67.3 Å². The minimum Gasteiger partial charge on any atom is -0.493 e. The van der Waals surface area contributed by atoms with E-state index in [1.54, 1.807) is 23.1 Å². The first-order chi connectivity index (χ1) is 21.0. The summed E-state index contributed by atoms with van der Waals surface area (Å²) in [5.74, 6) is 1.75. The van der Waals surface area contributed by atoms with E-state index in [1.165, 1.54) is 26.2 Å². The summed E-state index contributed by atoms with van der Waals surface area (Å²) in [6.07, 6.45) is 4.20. The Morgan fingerprint density at radius 1 is 0.977 bits per heavy atom. The number of fused-ring (bicyclic) bond motifs is 1. The van der Waals surface area contributed by atoms with Crippen LogP contribution in [0.3, 0.4) is 0 Å². The van der Waals surface area contributed by atoms with Gasteiger partial charge in [0.1, 0.15) is 25.7 Å². The Kier molecular flexibility index (Phi) is 10.5. The minimum atomic E-state index is -0.968. The number of rotatable bonds is 11. The zero-order valence-electron chi connectivity index (χ0n) is 25.4. The van der Waals surface area contributed by atoms with E-state index in [1.807, 2.05) is 18.2 Å². The molecule has 11 nitrogen and oxygen atoms in total. The van der Waals surface area contributed by atoms with Gasteiger partial charge < -0.3 is 43.5 Å². The van der Waals surface area contributed by atoms with Gasteiger partial charge in [-0.25, -0.2) is 0 Å². The van der Waals surface area contributed by atoms with Crippen molar-refractivity contribution in [3.8, 4) is 28.7 Å². The van der Waals surface area contributed by atoms with E-state index in [4.69, 9.17) is 28.4 Å². The summed E-state index contributed by atoms with van der Waals surface area (Å²) in [7, 11) is 4.60. The van der Waals surface area contributed by atoms with Crippen LogP contribution in [0.4, 0.5) is 0 Å². The molecule has 1 aliphatic carbocycles. The van der Waals surface area contributed by atoms with Crippen LogP contribution in [-0.2, 0) is 14.3 Å². The van der Waals surface area contributed by atoms with Crippen LogP contribution in [-0.4, -0.2) is 96.2 Å². The van der Waals surface area contributed by atoms with Gasteiger partial charge in [0, 0.05) is 6.04 Å². The van der Waals surface area contributed by atoms with Crippen molar-refractivity contribution in [2.24, 2.45) is 0 Å². The molecule has 1 saturated carbocycles. The van der Waals surface area contributed by atoms with Crippen molar-refractivity contribution in [1.29, 1.82) is 0 Å². The minimum absolute atomic E-state index is 0.0446. The second-order valence-electron chi connectivity index (χ2n) is 11.2. The van der Waals surface area contributed by atoms with Gasteiger partial charge in [-0.3, -0.25) is 9.59 Å². The van der Waals surface area contributed by atoms with Gasteiger partial charge in [-0.05, 0) is 42.7 Å². The van der Waals surface area contributed by atoms with Crippen molar-refractivity contribution < 1.29 is 42.9 Å². The number of morpholine rings is 1. The maximum absolute atomic E-state index is 14.4. The van der Waals surface area contributed by atoms with Gasteiger partial charge in [0.25, 0.3) is 5.91 Å². The van der Waals surface area contributed by atoms with Gasteiger partial charge in [-0.15, -0.1) is 0 Å². The molecule has 1 saturated heterocycles. The van der Waals surface area contributed by atoms with Gasteiger partial charge in [0.2, 0.25) is 17.8 Å². The zero-order chi connectivity index (χ0) is 30.2. The quantitative estimate of drug-likeness (QED) is 0.403. The lowest BCUT2D eigenvalue weighted by molar-refractivity contribution is -0.907. The van der Waals surface area contributed by atoms with E-state index in [9.17, 15) is 9.59 Å². The van der Waals surface area contributed by atoms with Gasteiger partial charge in [0.15, 0.2) is 23.0 Å². The fourth-order valence-electron chi connectivity index (χ4n) is 6.14. The molecule has 2 aromatic carbocycles. The predicted octanol–water partition coefficient (Wildman–Crippen LogP) is 1.79. The van der Waals surface area contributed by atoms with Gasteiger partial charge in [0.05, 0.1) is 47.6 Å². The molecule has 0 spiro atoms. The molecule has 0 aromatic heterocycles. The molecule has 2 aromatic rings. The highest BCUT2D eigenvalue weighted by Gasteiger charge is 2.40. The standard InChI is InChI=1S/C32H43N3O8/c1-38-26-19-22(20-27(39-2)30(26)40-3)29(31(36)33-23-9-5-4-6-10-23)35(14-13-34-15-17-41-18-16-34)32(37)28-21-42-24-11-7-8-12-25(24)43-28/h7-8,11-12,19-20,23,28-29H,4-6,9-10,13-18,21H2,1-3H3,(H,33,36)/p+1. The summed E-state index contributed by atoms with van der Waals surface area (Å²) in [6, 6.07) is 9.88. The third kappa shape index (κ3) is 7.27. The van der Waals surface area contributed by atoms with Crippen LogP contribution in [0.15, 0.2) is 36.4 Å². The summed E-state index contributed by atoms with van der Waals surface area (Å²) < 4.78 is 34.5. The number of hydrogen-bond donors (Lipinski definition) is 2. The van der Waals surface area contributed by atoms with Crippen molar-refractivity contribution in [3.05, 3.63) is 42.0 Å². The highest BCUT2D eigenvalue weighted by Crippen LogP contribution is 2.41. The lowest BCUT2D eigenvalue weighted by atomic mass is 9.94. The SMILES string of the molecule is COc1cc(C(C(=O)NC2CCCCC2)N(CC[NH+]2CCOCC2)C(=O)C2COc3ccccc3O2)cc(OC)c1OC. The molecule has 5 rings (SSSR count). The summed E-state index contributed by atoms with van der Waals surface area (Å²) in [6.45, 7) is 4.02. The third-order valence-electron chi connectivity index (χ3n) is 8.49. The zero-order valence-corrected chi connectivity index (χ0v) is 25.4. The third-order valence-corrected chi connectivity index (χ3v) is 8.49. The molecular formula is C32H44N3O8+. The maximum atomic E-state index is 14.4. The molecule has 43 heavy (non-hydrogen) atoms. The molecule has 3 aliphatic rings. The average molecular weight is 599 g/mol. The predicted molar refractivity (Wildman–Crippen MR) is 158 cm³/mol. The van der Waals surface area contributed by atoms with Gasteiger partial charge in [-0.2, -0.15) is 0 Å². The lowest BCUT2D eigenvalue weighted by Gasteiger charge is -2.37. The number of ether oxygens (including phenoxy) is 6. The first-order valence-corrected chi connectivity index (χ1v) is 15.2. The number of quaternary nitrogens is 1. The van der Waals surface area contributed by atoms with Crippen LogP contribution in [0, 0.1) is 0 Å². The van der Waals surface area contributed by atoms with Crippen molar-refractivity contribution in [1.82, 2.24) is 10.2 Å². The van der Waals surface area contributed by atoms with Crippen LogP contribution >= 0.6 is 0 Å². The summed E-state index contributed by atoms with van der Waals surface area (Å²) in [5, 5.41) is 3.27. The molecule has 234 valence electrons. The van der Waals surface area contributed by atoms with Gasteiger partial charge >= 0.3 is 0 Å². The van der Waals surface area contributed by atoms with E-state index < -0.39 is 12.1 Å². The van der Waals surface area contributed by atoms with E-state index in [-0.39, 0.29) is 24.5 Å². The largest absolute Gasteiger partial charge is 0.493 e. The normalized spacial score (nSPS) is 19.7. The Morgan fingerprint density at radius 3 is 2.30 bits per heavy atom. The van der Waals surface area contributed by atoms with Crippen molar-refractivity contribution in [3.63, 3.8) is 0 Å². The molecule has 2 amide bonds. The molecule has 2 N–H and O–H groups in total. The fraction of sp³-hybridized carbons (Fsp3) is 0.562. The molecule has 2 heterocycles. The molecule has 11 heteroatoms. The number of nitrogens with zero attached hydrogens (tertiary/aromatic N) is 1. The van der Waals surface area contributed by atoms with E-state index >= 15 is 0 Å². The Balaban J connectivity index is 1.53. The average Bonchev–Trinajstić information content (AvgIpc) is 3.06. The lowest BCUT2D eigenvalue weighted by Crippen LogP contribution is -3.14. The summed E-state index contributed by atoms with van der Waals surface area (Å²) in [5.41, 5.74) is 0.560. The first kappa shape index (κ1) is 30.7. The number of carbonyl (C=O) groups is 2. The molecule has 2 unspecified atom stereocenters. The summed E-state index contributed by atoms with van der Waals surface area (Å²) in [4.78, 5) is 31.7. The van der Waals surface area contributed by atoms with Gasteiger partial charge in [-0.1, -0.05) is 31.4 Å². The highest BCUT2D eigenvalue weighted by atomic mass is 16.6. The summed E-state index contributed by atoms with van der Waals surface area (Å²) >= 11 is 0. The highest BCUT2D eigenvalue weighted by molar-refractivity contribution is 5.91. The number of hydrogen-bond acceptors (Lipinski definition) is 8. The van der Waals surface area contributed by atoms with Crippen LogP contribution in [0.1, 0.15) is 43.7 Å². The Hall–Kier alpha value is -3.70. The van der Waals surface area contributed by atoms with Crippen LogP contribution in [0.5, 0.6) is 28.7 Å². The molecule has 0 radical (unpaired) electrons. The molecular weight excluding hydrogens is 554 g/mol. The van der Waals surface area contributed by atoms with Crippen molar-refractivity contribution >= 4 is 11.8 Å². The fourth-order valence-corrected chi connectivity index (χ4v) is 6.14. The second-order valence-corrected chi connectivity index (χ2v) is 11.2. The number of carbonyl (C=O) groups excluding carboxylic acids is 2. The molecule has 2 aliphatic heterocycles. The van der Waals surface area contributed by atoms with Crippen LogP contribution in [0.25, 0.3) is 0 Å². The second kappa shape index (κ2) is 14.7. The van der Waals surface area contributed by atoms with Crippen LogP contribution in [0.2, 0.25) is 0 Å². The number of benzene rings is 2. The number of para-hydroxylation sites is 2. The Labute approximate surface area is 253 Å². The maximum Gasteiger partial charge on any atom is 0.268 e. The topological polar surface area (TPSA) is 109 Å². The Bertz CT molecular complexity index is 1220. The monoisotopic (exact) mass is 598 g/mol. The molecule has 2 fully saturated rings. The van der Waals surface area contributed by atoms with Crippen LogP contribution < -0.4 is 33.9 Å². The smallest absolute Gasteiger partial charge is 0.268 e. The number of amides is 2. The first-order valence-electron chi connectivity index (χ1n) is 15.2. The molecule has 0 bridgehead atoms. The number of methoxy groups -OCH3 is 3. The number of nitrogens with one attached hydrogen (secondary N) is 2. The van der Waals surface area contributed by atoms with E-state index in [0.29, 0.717) is 60.6 Å². The van der Waals surface area contributed by atoms with E-state index in [0.717, 1.165) is 45.2 Å². The Morgan fingerprint density at radius 2 is 1.65 bits per heavy atom. The van der Waals surface area contributed by atoms with E-state index in [2.05, 4.69) is 5.32 Å². The van der Waals surface area contributed by atoms with Crippen molar-refractivity contribution in [2.45, 2.75) is 50.3 Å². The molecule has 2 atom stereocenters.